The highest BCUT2D eigenvalue weighted by Crippen LogP contribution is 2.26. The maximum Gasteiger partial charge on any atom is 0.408 e. The van der Waals surface area contributed by atoms with E-state index in [1.165, 1.54) is 0 Å². The summed E-state index contributed by atoms with van der Waals surface area (Å²) in [4.78, 5) is 41.0. The molecule has 0 heterocycles. The van der Waals surface area contributed by atoms with E-state index in [-0.39, 0.29) is 23.6 Å². The second-order valence-corrected chi connectivity index (χ2v) is 10.1. The van der Waals surface area contributed by atoms with Gasteiger partial charge in [-0.15, -0.1) is 0 Å². The van der Waals surface area contributed by atoms with Crippen molar-refractivity contribution in [2.24, 2.45) is 0 Å². The number of nitrogens with one attached hydrogen (secondary N) is 2. The Kier molecular flexibility index (Phi) is 11.2. The lowest BCUT2D eigenvalue weighted by Crippen LogP contribution is -2.54. The average Bonchev–Trinajstić information content (AvgIpc) is 2.65. The molecule has 0 aliphatic carbocycles. The molecule has 0 radical (unpaired) electrons. The number of rotatable bonds is 10. The maximum atomic E-state index is 13.7. The van der Waals surface area contributed by atoms with Crippen molar-refractivity contribution < 1.29 is 19.1 Å². The van der Waals surface area contributed by atoms with Crippen molar-refractivity contribution in [1.29, 1.82) is 0 Å². The van der Waals surface area contributed by atoms with E-state index in [1.807, 2.05) is 52.8 Å². The van der Waals surface area contributed by atoms with Crippen molar-refractivity contribution in [2.75, 3.05) is 12.3 Å². The lowest BCUT2D eigenvalue weighted by atomic mass is 9.98. The summed E-state index contributed by atoms with van der Waals surface area (Å²) in [6.45, 7) is 15.4. The third-order valence-corrected chi connectivity index (χ3v) is 5.12. The van der Waals surface area contributed by atoms with Gasteiger partial charge >= 0.3 is 6.09 Å². The van der Waals surface area contributed by atoms with Crippen molar-refractivity contribution in [3.8, 4) is 0 Å². The molecular weight excluding hydrogens is 438 g/mol. The lowest BCUT2D eigenvalue weighted by Gasteiger charge is -2.35. The third-order valence-electron chi connectivity index (χ3n) is 4.76. The van der Waals surface area contributed by atoms with Gasteiger partial charge in [0.25, 0.3) is 0 Å². The van der Waals surface area contributed by atoms with Crippen LogP contribution in [0.25, 0.3) is 0 Å². The zero-order valence-electron chi connectivity index (χ0n) is 21.3. The molecule has 1 aromatic rings. The monoisotopic (exact) mass is 479 g/mol. The van der Waals surface area contributed by atoms with Crippen molar-refractivity contribution >= 4 is 30.5 Å². The molecule has 0 saturated heterocycles. The fourth-order valence-corrected chi connectivity index (χ4v) is 3.78. The summed E-state index contributed by atoms with van der Waals surface area (Å²) in [7, 11) is 0. The van der Waals surface area contributed by atoms with Crippen molar-refractivity contribution in [3.05, 3.63) is 34.9 Å². The summed E-state index contributed by atoms with van der Waals surface area (Å²) >= 11 is 4.30. The van der Waals surface area contributed by atoms with Crippen LogP contribution < -0.4 is 10.6 Å². The van der Waals surface area contributed by atoms with Crippen LogP contribution in [0.5, 0.6) is 0 Å². The normalized spacial score (nSPS) is 13.3. The van der Waals surface area contributed by atoms with Gasteiger partial charge < -0.3 is 20.3 Å². The summed E-state index contributed by atoms with van der Waals surface area (Å²) in [6.07, 6.45) is 0.869. The van der Waals surface area contributed by atoms with Gasteiger partial charge in [0.15, 0.2) is 0 Å². The molecule has 2 atom stereocenters. The second kappa shape index (κ2) is 12.9. The van der Waals surface area contributed by atoms with Gasteiger partial charge in [-0.05, 0) is 60.5 Å². The zero-order valence-corrected chi connectivity index (χ0v) is 22.2. The molecule has 0 spiro atoms. The lowest BCUT2D eigenvalue weighted by molar-refractivity contribution is -0.142. The van der Waals surface area contributed by atoms with Crippen LogP contribution in [0.4, 0.5) is 4.79 Å². The molecule has 0 saturated carbocycles. The fraction of sp³-hybridized carbons (Fsp3) is 0.640. The third kappa shape index (κ3) is 9.66. The Morgan fingerprint density at radius 2 is 1.64 bits per heavy atom. The average molecular weight is 480 g/mol. The van der Waals surface area contributed by atoms with Crippen molar-refractivity contribution in [3.63, 3.8) is 0 Å². The molecule has 0 aliphatic rings. The van der Waals surface area contributed by atoms with Gasteiger partial charge in [-0.1, -0.05) is 42.7 Å². The zero-order chi connectivity index (χ0) is 25.3. The molecular formula is C25H41N3O4S. The van der Waals surface area contributed by atoms with Crippen LogP contribution in [-0.2, 0) is 14.3 Å². The van der Waals surface area contributed by atoms with Gasteiger partial charge in [0.1, 0.15) is 17.7 Å². The van der Waals surface area contributed by atoms with Gasteiger partial charge in [0.05, 0.1) is 0 Å². The Labute approximate surface area is 204 Å². The molecule has 33 heavy (non-hydrogen) atoms. The maximum absolute atomic E-state index is 13.7. The number of unbranched alkanes of at least 4 members (excludes halogenated alkanes) is 1. The highest BCUT2D eigenvalue weighted by molar-refractivity contribution is 7.80. The molecule has 2 N–H and O–H groups in total. The van der Waals surface area contributed by atoms with E-state index in [0.29, 0.717) is 13.0 Å². The van der Waals surface area contributed by atoms with Gasteiger partial charge in [0, 0.05) is 18.3 Å². The predicted octanol–water partition coefficient (Wildman–Crippen LogP) is 4.32. The van der Waals surface area contributed by atoms with Crippen molar-refractivity contribution in [1.82, 2.24) is 15.5 Å². The molecule has 0 bridgehead atoms. The first-order valence-corrected chi connectivity index (χ1v) is 12.2. The standard InChI is InChI=1S/C25H41N3O4S/c1-9-10-11-28(23(30)20(15-33)27-24(31)32-25(6,7)8)21(22(29)26-16(2)3)19-13-17(4)12-18(5)14-19/h12-14,16,20-21,33H,9-11,15H2,1-8H3,(H,26,29)(H,27,31). The SMILES string of the molecule is CCCCN(C(=O)C(CS)NC(=O)OC(C)(C)C)C(C(=O)NC(C)C)c1cc(C)cc(C)c1. The Morgan fingerprint density at radius 1 is 1.06 bits per heavy atom. The first kappa shape index (κ1) is 28.8. The van der Waals surface area contributed by atoms with Crippen LogP contribution in [0, 0.1) is 13.8 Å². The van der Waals surface area contributed by atoms with Crippen molar-refractivity contribution in [2.45, 2.75) is 92.0 Å². The van der Waals surface area contributed by atoms with E-state index in [2.05, 4.69) is 23.3 Å². The van der Waals surface area contributed by atoms with Crippen LogP contribution >= 0.6 is 12.6 Å². The number of thiol groups is 1. The molecule has 2 unspecified atom stereocenters. The minimum Gasteiger partial charge on any atom is -0.444 e. The van der Waals surface area contributed by atoms with Gasteiger partial charge in [-0.2, -0.15) is 12.6 Å². The van der Waals surface area contributed by atoms with E-state index in [9.17, 15) is 14.4 Å². The van der Waals surface area contributed by atoms with Crippen LogP contribution in [0.1, 0.15) is 77.1 Å². The molecule has 3 amide bonds. The topological polar surface area (TPSA) is 87.7 Å². The number of amides is 3. The molecule has 186 valence electrons. The summed E-state index contributed by atoms with van der Waals surface area (Å²) in [5.74, 6) is -0.548. The summed E-state index contributed by atoms with van der Waals surface area (Å²) in [5, 5.41) is 5.59. The van der Waals surface area contributed by atoms with Gasteiger partial charge in [-0.3, -0.25) is 9.59 Å². The van der Waals surface area contributed by atoms with E-state index in [4.69, 9.17) is 4.74 Å². The number of hydrogen-bond donors (Lipinski definition) is 3. The second-order valence-electron chi connectivity index (χ2n) is 9.75. The largest absolute Gasteiger partial charge is 0.444 e. The number of alkyl carbamates (subject to hydrolysis) is 1. The molecule has 1 aromatic carbocycles. The number of aryl methyl sites for hydroxylation is 2. The molecule has 0 fully saturated rings. The predicted molar refractivity (Wildman–Crippen MR) is 136 cm³/mol. The minimum absolute atomic E-state index is 0.0755. The van der Waals surface area contributed by atoms with Gasteiger partial charge in [-0.25, -0.2) is 4.79 Å². The Bertz CT molecular complexity index is 800. The highest BCUT2D eigenvalue weighted by Gasteiger charge is 2.36. The van der Waals surface area contributed by atoms with Crippen LogP contribution in [0.2, 0.25) is 0 Å². The smallest absolute Gasteiger partial charge is 0.408 e. The summed E-state index contributed by atoms with van der Waals surface area (Å²) in [5.41, 5.74) is 2.06. The molecule has 7 nitrogen and oxygen atoms in total. The van der Waals surface area contributed by atoms with E-state index in [1.54, 1.807) is 25.7 Å². The molecule has 8 heteroatoms. The van der Waals surface area contributed by atoms with Gasteiger partial charge in [0.2, 0.25) is 11.8 Å². The Hall–Kier alpha value is -2.22. The first-order chi connectivity index (χ1) is 15.3. The van der Waals surface area contributed by atoms with Crippen LogP contribution in [0.3, 0.4) is 0 Å². The quantitative estimate of drug-likeness (QED) is 0.436. The molecule has 0 aliphatic heterocycles. The number of ether oxygens (including phenoxy) is 1. The van der Waals surface area contributed by atoms with E-state index < -0.39 is 23.8 Å². The molecule has 1 rings (SSSR count). The van der Waals surface area contributed by atoms with E-state index in [0.717, 1.165) is 23.1 Å². The Morgan fingerprint density at radius 3 is 2.09 bits per heavy atom. The van der Waals surface area contributed by atoms with E-state index >= 15 is 0 Å². The minimum atomic E-state index is -0.930. The molecule has 0 aromatic heterocycles. The highest BCUT2D eigenvalue weighted by atomic mass is 32.1. The Balaban J connectivity index is 3.41. The summed E-state index contributed by atoms with van der Waals surface area (Å²) < 4.78 is 5.32. The first-order valence-electron chi connectivity index (χ1n) is 11.6. The van der Waals surface area contributed by atoms with Crippen LogP contribution in [-0.4, -0.2) is 52.8 Å². The fourth-order valence-electron chi connectivity index (χ4n) is 3.53. The number of hydrogen-bond acceptors (Lipinski definition) is 5. The number of carbonyl (C=O) groups excluding carboxylic acids is 3. The summed E-state index contributed by atoms with van der Waals surface area (Å²) in [6, 6.07) is 4.05. The number of nitrogens with zero attached hydrogens (tertiary/aromatic N) is 1. The number of benzene rings is 1. The van der Waals surface area contributed by atoms with Crippen LogP contribution in [0.15, 0.2) is 18.2 Å². The number of carbonyl (C=O) groups is 3.